The lowest BCUT2D eigenvalue weighted by Crippen LogP contribution is -2.43. The molecule has 3 nitrogen and oxygen atoms in total. The lowest BCUT2D eigenvalue weighted by Gasteiger charge is -2.21. The van der Waals surface area contributed by atoms with Gasteiger partial charge in [0.1, 0.15) is 0 Å². The van der Waals surface area contributed by atoms with Gasteiger partial charge in [0.25, 0.3) is 0 Å². The maximum atomic E-state index is 11.7. The molecule has 0 radical (unpaired) electrons. The van der Waals surface area contributed by atoms with Gasteiger partial charge in [0.2, 0.25) is 0 Å². The van der Waals surface area contributed by atoms with E-state index in [1.807, 2.05) is 27.7 Å². The summed E-state index contributed by atoms with van der Waals surface area (Å²) in [6, 6.07) is 3.05. The molecular formula is C12H16Cl2N2O. The first-order chi connectivity index (χ1) is 7.69. The van der Waals surface area contributed by atoms with Crippen LogP contribution in [0.25, 0.3) is 0 Å². The van der Waals surface area contributed by atoms with Gasteiger partial charge in [0, 0.05) is 10.6 Å². The van der Waals surface area contributed by atoms with Crippen LogP contribution < -0.4 is 10.6 Å². The highest BCUT2D eigenvalue weighted by molar-refractivity contribution is 6.36. The molecule has 0 aromatic heterocycles. The second-order valence-corrected chi connectivity index (χ2v) is 5.72. The van der Waals surface area contributed by atoms with Crippen LogP contribution in [0.4, 0.5) is 10.5 Å². The molecule has 1 aromatic rings. The Morgan fingerprint density at radius 2 is 1.76 bits per heavy atom. The van der Waals surface area contributed by atoms with Gasteiger partial charge in [-0.05, 0) is 45.4 Å². The average molecular weight is 275 g/mol. The first-order valence-electron chi connectivity index (χ1n) is 5.24. The normalized spacial score (nSPS) is 11.2. The predicted molar refractivity (Wildman–Crippen MR) is 73.1 cm³/mol. The molecule has 5 heteroatoms. The zero-order valence-electron chi connectivity index (χ0n) is 10.3. The number of halogens is 2. The monoisotopic (exact) mass is 274 g/mol. The van der Waals surface area contributed by atoms with E-state index in [0.717, 1.165) is 5.56 Å². The highest BCUT2D eigenvalue weighted by Crippen LogP contribution is 2.28. The van der Waals surface area contributed by atoms with E-state index in [2.05, 4.69) is 10.6 Å². The largest absolute Gasteiger partial charge is 0.333 e. The third-order valence-corrected chi connectivity index (χ3v) is 2.70. The molecule has 0 heterocycles. The Kier molecular flexibility index (Phi) is 4.28. The number of rotatable bonds is 1. The molecule has 2 amide bonds. The summed E-state index contributed by atoms with van der Waals surface area (Å²) in [7, 11) is 0. The Morgan fingerprint density at radius 3 is 2.29 bits per heavy atom. The Bertz CT molecular complexity index is 439. The van der Waals surface area contributed by atoms with Crippen LogP contribution in [0.5, 0.6) is 0 Å². The van der Waals surface area contributed by atoms with Gasteiger partial charge >= 0.3 is 6.03 Å². The van der Waals surface area contributed by atoms with E-state index in [-0.39, 0.29) is 11.6 Å². The van der Waals surface area contributed by atoms with Crippen LogP contribution in [0.15, 0.2) is 12.1 Å². The predicted octanol–water partition coefficient (Wildman–Crippen LogP) is 4.22. The summed E-state index contributed by atoms with van der Waals surface area (Å²) < 4.78 is 0. The summed E-state index contributed by atoms with van der Waals surface area (Å²) >= 11 is 12.0. The summed E-state index contributed by atoms with van der Waals surface area (Å²) in [5.41, 5.74) is 1.08. The lowest BCUT2D eigenvalue weighted by atomic mass is 10.1. The number of urea groups is 1. The Hall–Kier alpha value is -0.930. The first kappa shape index (κ1) is 14.1. The van der Waals surface area contributed by atoms with E-state index >= 15 is 0 Å². The van der Waals surface area contributed by atoms with Crippen molar-refractivity contribution < 1.29 is 4.79 Å². The number of nitrogens with one attached hydrogen (secondary N) is 2. The maximum absolute atomic E-state index is 11.7. The molecular weight excluding hydrogens is 259 g/mol. The molecule has 1 rings (SSSR count). The van der Waals surface area contributed by atoms with Crippen molar-refractivity contribution in [3.63, 3.8) is 0 Å². The van der Waals surface area contributed by atoms with Crippen molar-refractivity contribution in [2.45, 2.75) is 33.2 Å². The average Bonchev–Trinajstić information content (AvgIpc) is 2.11. The minimum atomic E-state index is -0.306. The van der Waals surface area contributed by atoms with Crippen LogP contribution in [0.2, 0.25) is 10.0 Å². The number of benzene rings is 1. The topological polar surface area (TPSA) is 41.1 Å². The van der Waals surface area contributed by atoms with Crippen molar-refractivity contribution in [3.8, 4) is 0 Å². The minimum absolute atomic E-state index is 0.301. The molecule has 2 N–H and O–H groups in total. The van der Waals surface area contributed by atoms with Gasteiger partial charge in [-0.3, -0.25) is 0 Å². The van der Waals surface area contributed by atoms with Crippen molar-refractivity contribution >= 4 is 34.9 Å². The Morgan fingerprint density at radius 1 is 1.18 bits per heavy atom. The molecule has 0 fully saturated rings. The van der Waals surface area contributed by atoms with Crippen LogP contribution in [0.1, 0.15) is 26.3 Å². The first-order valence-corrected chi connectivity index (χ1v) is 5.99. The fraction of sp³-hybridized carbons (Fsp3) is 0.417. The number of hydrogen-bond acceptors (Lipinski definition) is 1. The quantitative estimate of drug-likeness (QED) is 0.791. The van der Waals surface area contributed by atoms with Crippen LogP contribution in [0.3, 0.4) is 0 Å². The zero-order valence-corrected chi connectivity index (χ0v) is 11.8. The number of anilines is 1. The summed E-state index contributed by atoms with van der Waals surface area (Å²) in [5, 5.41) is 6.48. The summed E-state index contributed by atoms with van der Waals surface area (Å²) in [5.74, 6) is 0. The van der Waals surface area contributed by atoms with Crippen molar-refractivity contribution in [1.82, 2.24) is 5.32 Å². The summed E-state index contributed by atoms with van der Waals surface area (Å²) in [6.45, 7) is 7.55. The number of amides is 2. The van der Waals surface area contributed by atoms with Crippen LogP contribution >= 0.6 is 23.2 Å². The molecule has 1 aromatic carbocycles. The number of carbonyl (C=O) groups excluding carboxylic acids is 1. The van der Waals surface area contributed by atoms with E-state index in [0.29, 0.717) is 15.7 Å². The highest BCUT2D eigenvalue weighted by atomic mass is 35.5. The number of hydrogen-bond donors (Lipinski definition) is 2. The van der Waals surface area contributed by atoms with Crippen molar-refractivity contribution in [2.24, 2.45) is 0 Å². The van der Waals surface area contributed by atoms with Gasteiger partial charge in [0.15, 0.2) is 0 Å². The smallest absolute Gasteiger partial charge is 0.319 e. The molecule has 0 spiro atoms. The van der Waals surface area contributed by atoms with Gasteiger partial charge in [-0.1, -0.05) is 23.2 Å². The van der Waals surface area contributed by atoms with Crippen molar-refractivity contribution in [3.05, 3.63) is 27.7 Å². The lowest BCUT2D eigenvalue weighted by molar-refractivity contribution is 0.244. The fourth-order valence-corrected chi connectivity index (χ4v) is 1.67. The SMILES string of the molecule is Cc1cc(Cl)c(NC(=O)NC(C)(C)C)cc1Cl. The van der Waals surface area contributed by atoms with E-state index in [1.165, 1.54) is 0 Å². The van der Waals surface area contributed by atoms with Crippen molar-refractivity contribution in [2.75, 3.05) is 5.32 Å². The zero-order chi connectivity index (χ0) is 13.2. The second kappa shape index (κ2) is 5.15. The maximum Gasteiger partial charge on any atom is 0.319 e. The van der Waals surface area contributed by atoms with Gasteiger partial charge in [-0.15, -0.1) is 0 Å². The molecule has 0 unspecified atom stereocenters. The number of carbonyl (C=O) groups is 1. The summed E-state index contributed by atoms with van der Waals surface area (Å²) in [6.07, 6.45) is 0. The minimum Gasteiger partial charge on any atom is -0.333 e. The van der Waals surface area contributed by atoms with Gasteiger partial charge in [-0.25, -0.2) is 4.79 Å². The van der Waals surface area contributed by atoms with Crippen LogP contribution in [-0.2, 0) is 0 Å². The molecule has 0 aliphatic rings. The van der Waals surface area contributed by atoms with E-state index in [4.69, 9.17) is 23.2 Å². The molecule has 0 atom stereocenters. The number of aryl methyl sites for hydroxylation is 1. The van der Waals surface area contributed by atoms with Gasteiger partial charge in [0.05, 0.1) is 10.7 Å². The van der Waals surface area contributed by atoms with E-state index in [1.54, 1.807) is 12.1 Å². The molecule has 0 aliphatic carbocycles. The molecule has 0 saturated carbocycles. The van der Waals surface area contributed by atoms with E-state index in [9.17, 15) is 4.79 Å². The molecule has 0 saturated heterocycles. The third-order valence-electron chi connectivity index (χ3n) is 1.99. The van der Waals surface area contributed by atoms with Crippen LogP contribution in [-0.4, -0.2) is 11.6 Å². The molecule has 0 bridgehead atoms. The molecule has 94 valence electrons. The van der Waals surface area contributed by atoms with E-state index < -0.39 is 0 Å². The standard InChI is InChI=1S/C12H16Cl2N2O/c1-7-5-9(14)10(6-8(7)13)15-11(17)16-12(2,3)4/h5-6H,1-4H3,(H2,15,16,17). The van der Waals surface area contributed by atoms with Gasteiger partial charge < -0.3 is 10.6 Å². The third kappa shape index (κ3) is 4.44. The molecule has 0 aliphatic heterocycles. The van der Waals surface area contributed by atoms with Crippen molar-refractivity contribution in [1.29, 1.82) is 0 Å². The summed E-state index contributed by atoms with van der Waals surface area (Å²) in [4.78, 5) is 11.7. The highest BCUT2D eigenvalue weighted by Gasteiger charge is 2.15. The molecule has 17 heavy (non-hydrogen) atoms. The Labute approximate surface area is 111 Å². The second-order valence-electron chi connectivity index (χ2n) is 4.91. The van der Waals surface area contributed by atoms with Crippen LogP contribution in [0, 0.1) is 6.92 Å². The fourth-order valence-electron chi connectivity index (χ4n) is 1.24. The Balaban J connectivity index is 2.82. The van der Waals surface area contributed by atoms with Gasteiger partial charge in [-0.2, -0.15) is 0 Å².